The van der Waals surface area contributed by atoms with Gasteiger partial charge in [0.2, 0.25) is 5.91 Å². The number of sulfonamides is 1. The Balaban J connectivity index is 1.78. The number of hydrogen-bond acceptors (Lipinski definition) is 4. The van der Waals surface area contributed by atoms with Gasteiger partial charge in [-0.2, -0.15) is 8.42 Å². The van der Waals surface area contributed by atoms with E-state index in [1.54, 1.807) is 31.2 Å². The molecule has 1 aromatic carbocycles. The normalized spacial score (nSPS) is 20.5. The van der Waals surface area contributed by atoms with Crippen LogP contribution in [0, 0.1) is 5.92 Å². The summed E-state index contributed by atoms with van der Waals surface area (Å²) >= 11 is 5.94. The lowest BCUT2D eigenvalue weighted by atomic mass is 10.0. The molecular weight excluding hydrogens is 410 g/mol. The predicted octanol–water partition coefficient (Wildman–Crippen LogP) is 3.78. The second-order valence-electron chi connectivity index (χ2n) is 7.79. The molecule has 0 aliphatic carbocycles. The number of rotatable bonds is 4. The number of carbonyl (C=O) groups is 1. The van der Waals surface area contributed by atoms with E-state index in [0.717, 1.165) is 12.8 Å². The lowest BCUT2D eigenvalue weighted by Gasteiger charge is -2.24. The molecule has 1 fully saturated rings. The summed E-state index contributed by atoms with van der Waals surface area (Å²) in [5.41, 5.74) is 1.23. The van der Waals surface area contributed by atoms with Crippen LogP contribution in [-0.4, -0.2) is 56.1 Å². The van der Waals surface area contributed by atoms with Gasteiger partial charge >= 0.3 is 0 Å². The third-order valence-electron chi connectivity index (χ3n) is 5.62. The number of nitrogens with zero attached hydrogens (tertiary/aromatic N) is 3. The Morgan fingerprint density at radius 3 is 2.52 bits per heavy atom. The summed E-state index contributed by atoms with van der Waals surface area (Å²) < 4.78 is 29.6. The van der Waals surface area contributed by atoms with Crippen molar-refractivity contribution in [3.8, 4) is 0 Å². The molecule has 1 saturated heterocycles. The van der Waals surface area contributed by atoms with Crippen molar-refractivity contribution in [1.29, 1.82) is 0 Å². The molecule has 2 aliphatic rings. The van der Waals surface area contributed by atoms with Crippen LogP contribution in [0.25, 0.3) is 4.91 Å². The summed E-state index contributed by atoms with van der Waals surface area (Å²) in [6.45, 7) is 8.50. The summed E-state index contributed by atoms with van der Waals surface area (Å²) in [5, 5.41) is 0.554. The second-order valence-corrected chi connectivity index (χ2v) is 9.77. The van der Waals surface area contributed by atoms with Crippen molar-refractivity contribution < 1.29 is 13.2 Å². The monoisotopic (exact) mass is 437 g/mol. The van der Waals surface area contributed by atoms with E-state index in [4.69, 9.17) is 11.6 Å². The van der Waals surface area contributed by atoms with Crippen molar-refractivity contribution >= 4 is 38.3 Å². The predicted molar refractivity (Wildman–Crippen MR) is 117 cm³/mol. The van der Waals surface area contributed by atoms with Crippen molar-refractivity contribution in [2.75, 3.05) is 26.2 Å². The van der Waals surface area contributed by atoms with Crippen molar-refractivity contribution in [3.05, 3.63) is 40.4 Å². The SMILES string of the molecule is CC[C@H](C)CC(=O)N1CCCN(C2=NS(=O)(=O)C(c3ccc(Cl)cc3)=C2C)CC1. The molecule has 1 amide bonds. The summed E-state index contributed by atoms with van der Waals surface area (Å²) in [6, 6.07) is 6.76. The minimum atomic E-state index is -3.76. The van der Waals surface area contributed by atoms with E-state index in [9.17, 15) is 13.2 Å². The van der Waals surface area contributed by atoms with Crippen molar-refractivity contribution in [1.82, 2.24) is 9.80 Å². The molecule has 0 bridgehead atoms. The van der Waals surface area contributed by atoms with Crippen molar-refractivity contribution in [3.63, 3.8) is 0 Å². The number of hydrogen-bond donors (Lipinski definition) is 0. The van der Waals surface area contributed by atoms with Gasteiger partial charge in [-0.1, -0.05) is 44.0 Å². The highest BCUT2D eigenvalue weighted by molar-refractivity contribution is 8.00. The number of halogens is 1. The van der Waals surface area contributed by atoms with Gasteiger partial charge in [-0.05, 0) is 37.0 Å². The molecule has 0 saturated carbocycles. The minimum absolute atomic E-state index is 0.177. The lowest BCUT2D eigenvalue weighted by molar-refractivity contribution is -0.131. The Morgan fingerprint density at radius 2 is 1.86 bits per heavy atom. The minimum Gasteiger partial charge on any atom is -0.354 e. The highest BCUT2D eigenvalue weighted by atomic mass is 35.5. The highest BCUT2D eigenvalue weighted by Gasteiger charge is 2.34. The third kappa shape index (κ3) is 4.83. The zero-order valence-corrected chi connectivity index (χ0v) is 18.8. The lowest BCUT2D eigenvalue weighted by Crippen LogP contribution is -2.37. The van der Waals surface area contributed by atoms with Crippen LogP contribution in [0.2, 0.25) is 5.02 Å². The van der Waals surface area contributed by atoms with Crippen LogP contribution in [0.5, 0.6) is 0 Å². The van der Waals surface area contributed by atoms with E-state index in [2.05, 4.69) is 18.2 Å². The quantitative estimate of drug-likeness (QED) is 0.718. The number of amidine groups is 1. The molecule has 1 atom stereocenters. The third-order valence-corrected chi connectivity index (χ3v) is 7.34. The smallest absolute Gasteiger partial charge is 0.285 e. The Kier molecular flexibility index (Phi) is 6.69. The van der Waals surface area contributed by atoms with Gasteiger partial charge in [-0.15, -0.1) is 4.40 Å². The van der Waals surface area contributed by atoms with Crippen LogP contribution >= 0.6 is 11.6 Å². The molecule has 0 unspecified atom stereocenters. The van der Waals surface area contributed by atoms with Crippen molar-refractivity contribution in [2.24, 2.45) is 10.3 Å². The summed E-state index contributed by atoms with van der Waals surface area (Å²) in [5.74, 6) is 1.04. The molecule has 1 aromatic rings. The van der Waals surface area contributed by atoms with Crippen LogP contribution in [-0.2, 0) is 14.8 Å². The van der Waals surface area contributed by atoms with E-state index in [1.807, 2.05) is 9.80 Å². The maximum absolute atomic E-state index is 12.8. The van der Waals surface area contributed by atoms with Gasteiger partial charge < -0.3 is 9.80 Å². The molecular formula is C21H28ClN3O3S. The maximum Gasteiger partial charge on any atom is 0.285 e. The average molecular weight is 438 g/mol. The van der Waals surface area contributed by atoms with E-state index in [0.29, 0.717) is 60.5 Å². The van der Waals surface area contributed by atoms with Crippen LogP contribution in [0.15, 0.2) is 34.2 Å². The molecule has 158 valence electrons. The fourth-order valence-corrected chi connectivity index (χ4v) is 5.34. The molecule has 6 nitrogen and oxygen atoms in total. The fraction of sp³-hybridized carbons (Fsp3) is 0.524. The van der Waals surface area contributed by atoms with Crippen LogP contribution in [0.3, 0.4) is 0 Å². The zero-order chi connectivity index (χ0) is 21.2. The van der Waals surface area contributed by atoms with Gasteiger partial charge in [-0.3, -0.25) is 4.79 Å². The topological polar surface area (TPSA) is 70.1 Å². The molecule has 0 spiro atoms. The second kappa shape index (κ2) is 8.88. The summed E-state index contributed by atoms with van der Waals surface area (Å²) in [4.78, 5) is 16.7. The first-order valence-electron chi connectivity index (χ1n) is 10.1. The molecule has 2 heterocycles. The summed E-state index contributed by atoms with van der Waals surface area (Å²) in [7, 11) is -3.76. The first kappa shape index (κ1) is 21.8. The van der Waals surface area contributed by atoms with Crippen molar-refractivity contribution in [2.45, 2.75) is 40.0 Å². The molecule has 0 N–H and O–H groups in total. The van der Waals surface area contributed by atoms with E-state index >= 15 is 0 Å². The first-order chi connectivity index (χ1) is 13.7. The van der Waals surface area contributed by atoms with Gasteiger partial charge in [0.25, 0.3) is 10.0 Å². The molecule has 2 aliphatic heterocycles. The van der Waals surface area contributed by atoms with Gasteiger partial charge in [0.05, 0.1) is 0 Å². The van der Waals surface area contributed by atoms with Crippen LogP contribution in [0.4, 0.5) is 0 Å². The first-order valence-corrected chi connectivity index (χ1v) is 11.9. The molecule has 0 radical (unpaired) electrons. The molecule has 3 rings (SSSR count). The van der Waals surface area contributed by atoms with Crippen LogP contribution in [0.1, 0.15) is 45.6 Å². The highest BCUT2D eigenvalue weighted by Crippen LogP contribution is 2.34. The fourth-order valence-electron chi connectivity index (χ4n) is 3.73. The Labute approximate surface area is 178 Å². The Bertz CT molecular complexity index is 938. The number of carbonyl (C=O) groups excluding carboxylic acids is 1. The van der Waals surface area contributed by atoms with Gasteiger partial charge in [0.15, 0.2) is 0 Å². The largest absolute Gasteiger partial charge is 0.354 e. The summed E-state index contributed by atoms with van der Waals surface area (Å²) in [6.07, 6.45) is 2.33. The van der Waals surface area contributed by atoms with Gasteiger partial charge in [0, 0.05) is 43.2 Å². The molecule has 29 heavy (non-hydrogen) atoms. The zero-order valence-electron chi connectivity index (χ0n) is 17.2. The van der Waals surface area contributed by atoms with E-state index < -0.39 is 10.0 Å². The number of amides is 1. The van der Waals surface area contributed by atoms with Gasteiger partial charge in [-0.25, -0.2) is 0 Å². The Hall–Kier alpha value is -1.86. The molecule has 8 heteroatoms. The Morgan fingerprint density at radius 1 is 1.17 bits per heavy atom. The number of benzene rings is 1. The van der Waals surface area contributed by atoms with E-state index in [1.165, 1.54) is 0 Å². The standard InChI is InChI=1S/C21H28ClN3O3S/c1-4-15(2)14-19(26)24-10-5-11-25(13-12-24)21-16(3)20(29(27,28)23-21)17-6-8-18(22)9-7-17/h6-9,15H,4-5,10-14H2,1-3H3/t15-/m0/s1. The molecule has 0 aromatic heterocycles. The van der Waals surface area contributed by atoms with E-state index in [-0.39, 0.29) is 10.8 Å². The average Bonchev–Trinajstić information content (AvgIpc) is 2.83. The van der Waals surface area contributed by atoms with Gasteiger partial charge in [0.1, 0.15) is 10.7 Å². The maximum atomic E-state index is 12.8. The van der Waals surface area contributed by atoms with Crippen LogP contribution < -0.4 is 0 Å².